The monoisotopic (exact) mass is 216 g/mol. The van der Waals surface area contributed by atoms with Gasteiger partial charge in [0, 0.05) is 12.2 Å². The maximum atomic E-state index is 11.6. The molecule has 1 fully saturated rings. The molecule has 0 spiro atoms. The summed E-state index contributed by atoms with van der Waals surface area (Å²) in [5.74, 6) is 0.0344. The van der Waals surface area contributed by atoms with E-state index in [0.717, 1.165) is 25.1 Å². The normalized spacial score (nSPS) is 20.6. The van der Waals surface area contributed by atoms with Crippen molar-refractivity contribution in [2.75, 3.05) is 0 Å². The van der Waals surface area contributed by atoms with Gasteiger partial charge in [-0.3, -0.25) is 4.79 Å². The van der Waals surface area contributed by atoms with Crippen LogP contribution >= 0.6 is 0 Å². The van der Waals surface area contributed by atoms with E-state index in [2.05, 4.69) is 17.2 Å². The molecule has 3 nitrogen and oxygen atoms in total. The van der Waals surface area contributed by atoms with Crippen molar-refractivity contribution >= 4 is 5.91 Å². The van der Waals surface area contributed by atoms with Gasteiger partial charge in [-0.2, -0.15) is 0 Å². The van der Waals surface area contributed by atoms with Crippen LogP contribution in [0.5, 0.6) is 0 Å². The molecule has 3 heteroatoms. The fourth-order valence-corrected chi connectivity index (χ4v) is 1.81. The molecule has 1 aromatic carbocycles. The van der Waals surface area contributed by atoms with Crippen LogP contribution in [0.25, 0.3) is 0 Å². The van der Waals surface area contributed by atoms with E-state index in [1.807, 2.05) is 30.3 Å². The topological polar surface area (TPSA) is 41.1 Å². The van der Waals surface area contributed by atoms with Crippen molar-refractivity contribution in [1.29, 1.82) is 0 Å². The Morgan fingerprint density at radius 3 is 2.81 bits per heavy atom. The summed E-state index contributed by atoms with van der Waals surface area (Å²) in [4.78, 5) is 11.6. The lowest BCUT2D eigenvalue weighted by Crippen LogP contribution is -2.46. The number of benzene rings is 1. The first-order valence-electron chi connectivity index (χ1n) is 5.51. The molecule has 16 heavy (non-hydrogen) atoms. The molecule has 1 aliphatic rings. The van der Waals surface area contributed by atoms with Gasteiger partial charge in [-0.05, 0) is 18.4 Å². The minimum atomic E-state index is -0.0919. The minimum absolute atomic E-state index is 0.0344. The lowest BCUT2D eigenvalue weighted by atomic mass is 10.0. The van der Waals surface area contributed by atoms with Crippen LogP contribution in [-0.4, -0.2) is 11.9 Å². The zero-order chi connectivity index (χ0) is 11.4. The summed E-state index contributed by atoms with van der Waals surface area (Å²) in [6, 6.07) is 9.99. The van der Waals surface area contributed by atoms with E-state index in [4.69, 9.17) is 0 Å². The Morgan fingerprint density at radius 2 is 2.12 bits per heavy atom. The number of hydrogen-bond donors (Lipinski definition) is 2. The zero-order valence-electron chi connectivity index (χ0n) is 9.20. The second-order valence-corrected chi connectivity index (χ2v) is 4.05. The fourth-order valence-electron chi connectivity index (χ4n) is 1.81. The highest BCUT2D eigenvalue weighted by Gasteiger charge is 2.22. The van der Waals surface area contributed by atoms with E-state index in [9.17, 15) is 4.79 Å². The van der Waals surface area contributed by atoms with E-state index in [-0.39, 0.29) is 11.9 Å². The number of piperidine rings is 1. The third-order valence-corrected chi connectivity index (χ3v) is 2.75. The molecular formula is C13H16N2O. The number of allylic oxidation sites excluding steroid dienone is 1. The molecule has 0 bridgehead atoms. The Hall–Kier alpha value is -1.61. The second kappa shape index (κ2) is 4.94. The molecule has 2 N–H and O–H groups in total. The molecule has 0 aliphatic carbocycles. The van der Waals surface area contributed by atoms with Crippen LogP contribution in [0.15, 0.2) is 42.6 Å². The van der Waals surface area contributed by atoms with E-state index in [1.165, 1.54) is 5.56 Å². The highest BCUT2D eigenvalue weighted by atomic mass is 16.2. The SMILES string of the molecule is C=C1CCC(NCc2ccccc2)C(=O)N1. The van der Waals surface area contributed by atoms with Crippen molar-refractivity contribution in [2.24, 2.45) is 0 Å². The molecule has 1 aliphatic heterocycles. The highest BCUT2D eigenvalue weighted by molar-refractivity contribution is 5.84. The smallest absolute Gasteiger partial charge is 0.241 e. The van der Waals surface area contributed by atoms with Gasteiger partial charge in [0.25, 0.3) is 0 Å². The van der Waals surface area contributed by atoms with Crippen molar-refractivity contribution in [3.63, 3.8) is 0 Å². The van der Waals surface area contributed by atoms with Crippen LogP contribution in [-0.2, 0) is 11.3 Å². The number of hydrogen-bond acceptors (Lipinski definition) is 2. The standard InChI is InChI=1S/C13H16N2O/c1-10-7-8-12(13(16)15-10)14-9-11-5-3-2-4-6-11/h2-6,12,14H,1,7-9H2,(H,15,16). The van der Waals surface area contributed by atoms with Gasteiger partial charge in [0.05, 0.1) is 6.04 Å². The first-order chi connectivity index (χ1) is 7.75. The van der Waals surface area contributed by atoms with E-state index in [1.54, 1.807) is 0 Å². The van der Waals surface area contributed by atoms with Gasteiger partial charge in [-0.25, -0.2) is 0 Å². The number of rotatable bonds is 3. The molecule has 84 valence electrons. The number of carbonyl (C=O) groups excluding carboxylic acids is 1. The molecule has 1 saturated heterocycles. The Morgan fingerprint density at radius 1 is 1.38 bits per heavy atom. The van der Waals surface area contributed by atoms with Gasteiger partial charge in [-0.15, -0.1) is 0 Å². The quantitative estimate of drug-likeness (QED) is 0.805. The molecule has 1 atom stereocenters. The molecule has 2 rings (SSSR count). The minimum Gasteiger partial charge on any atom is -0.329 e. The molecule has 0 aromatic heterocycles. The number of carbonyl (C=O) groups is 1. The summed E-state index contributed by atoms with van der Waals surface area (Å²) in [5.41, 5.74) is 2.02. The Labute approximate surface area is 95.6 Å². The summed E-state index contributed by atoms with van der Waals surface area (Å²) in [7, 11) is 0. The third-order valence-electron chi connectivity index (χ3n) is 2.75. The van der Waals surface area contributed by atoms with Gasteiger partial charge in [0.15, 0.2) is 0 Å². The number of amides is 1. The van der Waals surface area contributed by atoms with Crippen LogP contribution in [0.2, 0.25) is 0 Å². The predicted octanol–water partition coefficient (Wildman–Crippen LogP) is 1.57. The van der Waals surface area contributed by atoms with Gasteiger partial charge in [-0.1, -0.05) is 36.9 Å². The Kier molecular flexibility index (Phi) is 3.37. The van der Waals surface area contributed by atoms with Gasteiger partial charge in [0.2, 0.25) is 5.91 Å². The third kappa shape index (κ3) is 2.70. The first kappa shape index (κ1) is 10.9. The Bertz CT molecular complexity index is 386. The summed E-state index contributed by atoms with van der Waals surface area (Å²) in [5, 5.41) is 6.02. The average molecular weight is 216 g/mol. The van der Waals surface area contributed by atoms with Crippen molar-refractivity contribution in [2.45, 2.75) is 25.4 Å². The molecule has 1 unspecified atom stereocenters. The molecule has 1 amide bonds. The van der Waals surface area contributed by atoms with Crippen molar-refractivity contribution in [1.82, 2.24) is 10.6 Å². The lowest BCUT2D eigenvalue weighted by molar-refractivity contribution is -0.123. The van der Waals surface area contributed by atoms with Gasteiger partial charge in [0.1, 0.15) is 0 Å². The molecule has 1 heterocycles. The Balaban J connectivity index is 1.87. The lowest BCUT2D eigenvalue weighted by Gasteiger charge is -2.24. The van der Waals surface area contributed by atoms with E-state index < -0.39 is 0 Å². The summed E-state index contributed by atoms with van der Waals surface area (Å²) < 4.78 is 0. The molecule has 0 radical (unpaired) electrons. The van der Waals surface area contributed by atoms with Crippen LogP contribution < -0.4 is 10.6 Å². The molecule has 0 saturated carbocycles. The fraction of sp³-hybridized carbons (Fsp3) is 0.308. The average Bonchev–Trinajstić information content (AvgIpc) is 2.29. The zero-order valence-corrected chi connectivity index (χ0v) is 9.20. The maximum absolute atomic E-state index is 11.6. The summed E-state index contributed by atoms with van der Waals surface area (Å²) >= 11 is 0. The van der Waals surface area contributed by atoms with Crippen molar-refractivity contribution in [3.8, 4) is 0 Å². The molecular weight excluding hydrogens is 200 g/mol. The second-order valence-electron chi connectivity index (χ2n) is 4.05. The van der Waals surface area contributed by atoms with Crippen LogP contribution in [0.3, 0.4) is 0 Å². The molecule has 1 aromatic rings. The van der Waals surface area contributed by atoms with Gasteiger partial charge >= 0.3 is 0 Å². The first-order valence-corrected chi connectivity index (χ1v) is 5.51. The summed E-state index contributed by atoms with van der Waals surface area (Å²) in [6.45, 7) is 4.49. The van der Waals surface area contributed by atoms with Crippen LogP contribution in [0.4, 0.5) is 0 Å². The van der Waals surface area contributed by atoms with Crippen LogP contribution in [0.1, 0.15) is 18.4 Å². The van der Waals surface area contributed by atoms with Crippen LogP contribution in [0, 0.1) is 0 Å². The summed E-state index contributed by atoms with van der Waals surface area (Å²) in [6.07, 6.45) is 1.69. The van der Waals surface area contributed by atoms with E-state index in [0.29, 0.717) is 0 Å². The van der Waals surface area contributed by atoms with Crippen molar-refractivity contribution in [3.05, 3.63) is 48.2 Å². The van der Waals surface area contributed by atoms with E-state index >= 15 is 0 Å². The maximum Gasteiger partial charge on any atom is 0.241 e. The predicted molar refractivity (Wildman–Crippen MR) is 63.6 cm³/mol. The highest BCUT2D eigenvalue weighted by Crippen LogP contribution is 2.11. The largest absolute Gasteiger partial charge is 0.329 e. The number of nitrogens with one attached hydrogen (secondary N) is 2. The van der Waals surface area contributed by atoms with Crippen molar-refractivity contribution < 1.29 is 4.79 Å². The van der Waals surface area contributed by atoms with Gasteiger partial charge < -0.3 is 10.6 Å².